The van der Waals surface area contributed by atoms with Crippen LogP contribution in [0.15, 0.2) is 59.7 Å². The standard InChI is InChI=1S/C25H22N10O2/c1-15(29-22-20(21(26)27-14-28-22)23-31-33-34(2)32-23)24-30-18-12-6-8-16(9-7-13-36)19(18)25(37)35(24)17-10-4-3-5-11-17/h3-6,8,10-12,14-15,36H,13H2,1-2H3,(H3,26,27,28,29)/t15-/m0/s1. The smallest absolute Gasteiger partial charge is 0.267 e. The van der Waals surface area contributed by atoms with E-state index in [1.54, 1.807) is 25.2 Å². The predicted octanol–water partition coefficient (Wildman–Crippen LogP) is 1.47. The number of benzene rings is 2. The fourth-order valence-corrected chi connectivity index (χ4v) is 3.99. The second kappa shape index (κ2) is 9.84. The molecule has 4 N–H and O–H groups in total. The average molecular weight is 495 g/mol. The highest BCUT2D eigenvalue weighted by Crippen LogP contribution is 2.30. The van der Waals surface area contributed by atoms with E-state index < -0.39 is 6.04 Å². The van der Waals surface area contributed by atoms with Gasteiger partial charge in [0.15, 0.2) is 0 Å². The van der Waals surface area contributed by atoms with Gasteiger partial charge in [-0.25, -0.2) is 15.0 Å². The van der Waals surface area contributed by atoms with Crippen LogP contribution in [0.25, 0.3) is 28.0 Å². The summed E-state index contributed by atoms with van der Waals surface area (Å²) < 4.78 is 1.54. The molecule has 0 saturated heterocycles. The molecule has 3 heterocycles. The first kappa shape index (κ1) is 23.6. The molecule has 1 atom stereocenters. The molecule has 0 aliphatic rings. The van der Waals surface area contributed by atoms with Gasteiger partial charge in [0.1, 0.15) is 36.0 Å². The van der Waals surface area contributed by atoms with Crippen LogP contribution in [0.1, 0.15) is 24.4 Å². The topological polar surface area (TPSA) is 163 Å². The summed E-state index contributed by atoms with van der Waals surface area (Å²) in [6.07, 6.45) is 1.33. The van der Waals surface area contributed by atoms with Crippen molar-refractivity contribution in [3.05, 3.63) is 76.6 Å². The van der Waals surface area contributed by atoms with Gasteiger partial charge < -0.3 is 16.2 Å². The molecule has 5 rings (SSSR count). The zero-order valence-corrected chi connectivity index (χ0v) is 20.0. The maximum Gasteiger partial charge on any atom is 0.267 e. The van der Waals surface area contributed by atoms with Crippen LogP contribution in [-0.4, -0.2) is 51.4 Å². The number of nitrogens with zero attached hydrogens (tertiary/aromatic N) is 8. The van der Waals surface area contributed by atoms with E-state index in [1.807, 2.05) is 37.3 Å². The molecule has 2 aromatic carbocycles. The van der Waals surface area contributed by atoms with Crippen molar-refractivity contribution in [2.75, 3.05) is 17.7 Å². The largest absolute Gasteiger partial charge is 0.384 e. The Balaban J connectivity index is 1.69. The summed E-state index contributed by atoms with van der Waals surface area (Å²) >= 11 is 0. The van der Waals surface area contributed by atoms with E-state index in [0.717, 1.165) is 0 Å². The summed E-state index contributed by atoms with van der Waals surface area (Å²) in [5.74, 6) is 6.71. The van der Waals surface area contributed by atoms with Crippen molar-refractivity contribution >= 4 is 22.5 Å². The number of fused-ring (bicyclic) bond motifs is 1. The van der Waals surface area contributed by atoms with Crippen LogP contribution in [0.5, 0.6) is 0 Å². The van der Waals surface area contributed by atoms with Crippen molar-refractivity contribution in [1.29, 1.82) is 0 Å². The Labute approximate surface area is 210 Å². The number of aryl methyl sites for hydroxylation is 1. The molecule has 0 radical (unpaired) electrons. The molecule has 37 heavy (non-hydrogen) atoms. The molecular formula is C25H22N10O2. The fourth-order valence-electron chi connectivity index (χ4n) is 3.99. The Morgan fingerprint density at radius 3 is 2.68 bits per heavy atom. The zero-order valence-electron chi connectivity index (χ0n) is 20.0. The zero-order chi connectivity index (χ0) is 25.9. The van der Waals surface area contributed by atoms with Crippen LogP contribution in [0.3, 0.4) is 0 Å². The maximum absolute atomic E-state index is 13.9. The lowest BCUT2D eigenvalue weighted by molar-refractivity contribution is 0.350. The summed E-state index contributed by atoms with van der Waals surface area (Å²) in [5.41, 5.74) is 7.83. The molecule has 0 aliphatic heterocycles. The summed E-state index contributed by atoms with van der Waals surface area (Å²) in [7, 11) is 1.64. The maximum atomic E-state index is 13.9. The second-order valence-electron chi connectivity index (χ2n) is 8.06. The van der Waals surface area contributed by atoms with Gasteiger partial charge in [-0.2, -0.15) is 4.80 Å². The van der Waals surface area contributed by atoms with E-state index in [2.05, 4.69) is 42.5 Å². The van der Waals surface area contributed by atoms with E-state index in [-0.39, 0.29) is 23.8 Å². The average Bonchev–Trinajstić information content (AvgIpc) is 3.33. The molecule has 12 nitrogen and oxygen atoms in total. The van der Waals surface area contributed by atoms with E-state index in [0.29, 0.717) is 39.4 Å². The van der Waals surface area contributed by atoms with Gasteiger partial charge >= 0.3 is 0 Å². The third-order valence-electron chi connectivity index (χ3n) is 5.59. The Morgan fingerprint density at radius 2 is 1.95 bits per heavy atom. The van der Waals surface area contributed by atoms with Gasteiger partial charge in [-0.1, -0.05) is 36.1 Å². The summed E-state index contributed by atoms with van der Waals surface area (Å²) in [5, 5.41) is 25.0. The first-order valence-corrected chi connectivity index (χ1v) is 11.3. The van der Waals surface area contributed by atoms with Crippen LogP contribution in [0, 0.1) is 11.8 Å². The highest BCUT2D eigenvalue weighted by atomic mass is 16.2. The highest BCUT2D eigenvalue weighted by Gasteiger charge is 2.23. The Morgan fingerprint density at radius 1 is 1.14 bits per heavy atom. The predicted molar refractivity (Wildman–Crippen MR) is 138 cm³/mol. The molecule has 0 aliphatic carbocycles. The molecule has 0 saturated carbocycles. The molecule has 0 bridgehead atoms. The number of nitrogen functional groups attached to an aromatic ring is 1. The fraction of sp³-hybridized carbons (Fsp3) is 0.160. The lowest BCUT2D eigenvalue weighted by Gasteiger charge is -2.21. The molecule has 0 amide bonds. The van der Waals surface area contributed by atoms with Gasteiger partial charge in [0.25, 0.3) is 5.56 Å². The van der Waals surface area contributed by atoms with E-state index >= 15 is 0 Å². The third kappa shape index (κ3) is 4.46. The number of nitrogens with one attached hydrogen (secondary N) is 1. The number of tetrazole rings is 1. The lowest BCUT2D eigenvalue weighted by Crippen LogP contribution is -2.28. The first-order valence-electron chi connectivity index (χ1n) is 11.3. The number of hydrogen-bond acceptors (Lipinski definition) is 10. The summed E-state index contributed by atoms with van der Waals surface area (Å²) in [6.45, 7) is 1.54. The molecule has 3 aromatic heterocycles. The van der Waals surface area contributed by atoms with E-state index in [9.17, 15) is 4.79 Å². The van der Waals surface area contributed by atoms with Crippen molar-refractivity contribution in [3.8, 4) is 28.9 Å². The molecule has 0 fully saturated rings. The number of hydrogen-bond donors (Lipinski definition) is 3. The van der Waals surface area contributed by atoms with Gasteiger partial charge in [-0.15, -0.1) is 10.2 Å². The number of aromatic nitrogens is 8. The first-order chi connectivity index (χ1) is 18.0. The molecular weight excluding hydrogens is 472 g/mol. The Kier molecular flexibility index (Phi) is 6.27. The van der Waals surface area contributed by atoms with Gasteiger partial charge in [0.05, 0.1) is 29.7 Å². The number of anilines is 2. The number of rotatable bonds is 5. The van der Waals surface area contributed by atoms with Gasteiger partial charge in [-0.05, 0) is 36.4 Å². The van der Waals surface area contributed by atoms with Crippen molar-refractivity contribution < 1.29 is 5.11 Å². The number of para-hydroxylation sites is 1. The van der Waals surface area contributed by atoms with Gasteiger partial charge in [-0.3, -0.25) is 9.36 Å². The number of nitrogens with two attached hydrogens (primary N) is 1. The Bertz CT molecular complexity index is 1720. The molecule has 5 aromatic rings. The molecule has 12 heteroatoms. The van der Waals surface area contributed by atoms with Crippen LogP contribution in [0.2, 0.25) is 0 Å². The molecule has 0 unspecified atom stereocenters. The minimum Gasteiger partial charge on any atom is -0.384 e. The van der Waals surface area contributed by atoms with Crippen molar-refractivity contribution in [3.63, 3.8) is 0 Å². The third-order valence-corrected chi connectivity index (χ3v) is 5.59. The van der Waals surface area contributed by atoms with Crippen LogP contribution in [-0.2, 0) is 7.05 Å². The lowest BCUT2D eigenvalue weighted by atomic mass is 10.1. The summed E-state index contributed by atoms with van der Waals surface area (Å²) in [6, 6.07) is 13.9. The van der Waals surface area contributed by atoms with Crippen LogP contribution >= 0.6 is 0 Å². The van der Waals surface area contributed by atoms with Gasteiger partial charge in [0.2, 0.25) is 5.82 Å². The number of aliphatic hydroxyl groups excluding tert-OH is 1. The minimum atomic E-state index is -0.519. The van der Waals surface area contributed by atoms with Crippen molar-refractivity contribution in [2.24, 2.45) is 7.05 Å². The van der Waals surface area contributed by atoms with Crippen LogP contribution < -0.4 is 16.6 Å². The SMILES string of the molecule is C[C@H](Nc1ncnc(N)c1-c1nnn(C)n1)c1nc2cccc(C#CCO)c2c(=O)n1-c1ccccc1. The normalized spacial score (nSPS) is 11.6. The van der Waals surface area contributed by atoms with Gasteiger partial charge in [0, 0.05) is 5.56 Å². The minimum absolute atomic E-state index is 0.178. The molecule has 0 spiro atoms. The van der Waals surface area contributed by atoms with E-state index in [4.69, 9.17) is 15.8 Å². The van der Waals surface area contributed by atoms with Crippen LogP contribution in [0.4, 0.5) is 11.6 Å². The number of aliphatic hydroxyl groups is 1. The quantitative estimate of drug-likeness (QED) is 0.305. The van der Waals surface area contributed by atoms with Crippen molar-refractivity contribution in [1.82, 2.24) is 39.7 Å². The Hall–Kier alpha value is -5.15. The highest BCUT2D eigenvalue weighted by molar-refractivity contribution is 5.85. The molecule has 184 valence electrons. The second-order valence-corrected chi connectivity index (χ2v) is 8.06. The summed E-state index contributed by atoms with van der Waals surface area (Å²) in [4.78, 5) is 28.5. The monoisotopic (exact) mass is 494 g/mol. The van der Waals surface area contributed by atoms with E-state index in [1.165, 1.54) is 15.7 Å². The van der Waals surface area contributed by atoms with Crippen molar-refractivity contribution in [2.45, 2.75) is 13.0 Å².